The molecule has 2 amide bonds. The first kappa shape index (κ1) is 34.8. The summed E-state index contributed by atoms with van der Waals surface area (Å²) in [6.45, 7) is 9.69. The topological polar surface area (TPSA) is 113 Å². The lowest BCUT2D eigenvalue weighted by Crippen LogP contribution is -2.42. The van der Waals surface area contributed by atoms with Gasteiger partial charge < -0.3 is 24.4 Å². The summed E-state index contributed by atoms with van der Waals surface area (Å²) in [5, 5.41) is 4.00. The van der Waals surface area contributed by atoms with Crippen LogP contribution in [0.3, 0.4) is 0 Å². The van der Waals surface area contributed by atoms with Crippen molar-refractivity contribution in [1.29, 1.82) is 0 Å². The number of aromatic nitrogens is 1. The van der Waals surface area contributed by atoms with E-state index < -0.39 is 10.0 Å². The number of hydrogen-bond acceptors (Lipinski definition) is 6. The number of likely N-dealkylation sites (tertiary alicyclic amines) is 2. The molecule has 3 aromatic rings. The van der Waals surface area contributed by atoms with Crippen LogP contribution in [0.5, 0.6) is 5.75 Å². The summed E-state index contributed by atoms with van der Waals surface area (Å²) in [6, 6.07) is 11.7. The Balaban J connectivity index is 1.36. The molecular weight excluding hydrogens is 614 g/mol. The molecule has 11 heteroatoms. The maximum atomic E-state index is 13.9. The number of sulfonamides is 1. The van der Waals surface area contributed by atoms with Crippen molar-refractivity contribution >= 4 is 44.1 Å². The predicted octanol–water partition coefficient (Wildman–Crippen LogP) is 5.62. The quantitative estimate of drug-likeness (QED) is 0.323. The number of hydrogen-bond donors (Lipinski definition) is 2. The molecule has 0 radical (unpaired) electrons. The molecule has 47 heavy (non-hydrogen) atoms. The van der Waals surface area contributed by atoms with Crippen molar-refractivity contribution in [2.75, 3.05) is 56.6 Å². The summed E-state index contributed by atoms with van der Waals surface area (Å²) < 4.78 is 34.4. The fourth-order valence-electron chi connectivity index (χ4n) is 7.14. The normalized spacial score (nSPS) is 18.6. The first-order valence-electron chi connectivity index (χ1n) is 16.7. The molecule has 2 aliphatic rings. The molecule has 0 saturated carbocycles. The lowest BCUT2D eigenvalue weighted by Gasteiger charge is -2.32. The minimum Gasteiger partial charge on any atom is -0.492 e. The van der Waals surface area contributed by atoms with Gasteiger partial charge in [-0.2, -0.15) is 0 Å². The number of amides is 2. The summed E-state index contributed by atoms with van der Waals surface area (Å²) in [4.78, 5) is 31.6. The molecule has 1 atom stereocenters. The summed E-state index contributed by atoms with van der Waals surface area (Å²) in [5.74, 6) is 0.869. The molecule has 3 heterocycles. The molecule has 10 nitrogen and oxygen atoms in total. The average Bonchev–Trinajstić information content (AvgIpc) is 3.17. The van der Waals surface area contributed by atoms with E-state index in [1.54, 1.807) is 6.07 Å². The zero-order chi connectivity index (χ0) is 34.1. The van der Waals surface area contributed by atoms with Crippen molar-refractivity contribution in [2.45, 2.75) is 64.7 Å². The highest BCUT2D eigenvalue weighted by molar-refractivity contribution is 7.92. The SMILES string of the molecule is COc1c(NC(=O)c2cc3cccc(CC4CCCN(C(=O)C5CCN(C)CC5)CC4)c3n2C)cc(C(C)(C)C)cc1NS(C)(=O)=O. The molecule has 1 aromatic heterocycles. The van der Waals surface area contributed by atoms with Gasteiger partial charge in [-0.25, -0.2) is 8.42 Å². The van der Waals surface area contributed by atoms with Gasteiger partial charge in [-0.1, -0.05) is 39.0 Å². The van der Waals surface area contributed by atoms with Gasteiger partial charge in [0, 0.05) is 31.4 Å². The zero-order valence-electron chi connectivity index (χ0n) is 29.0. The van der Waals surface area contributed by atoms with Crippen molar-refractivity contribution in [3.05, 3.63) is 53.2 Å². The van der Waals surface area contributed by atoms with E-state index in [4.69, 9.17) is 4.74 Å². The summed E-state index contributed by atoms with van der Waals surface area (Å²) in [7, 11) is 1.90. The lowest BCUT2D eigenvalue weighted by atomic mass is 9.86. The second kappa shape index (κ2) is 13.9. The van der Waals surface area contributed by atoms with Crippen molar-refractivity contribution in [2.24, 2.45) is 18.9 Å². The number of aryl methyl sites for hydroxylation is 1. The van der Waals surface area contributed by atoms with Gasteiger partial charge in [0.1, 0.15) is 5.69 Å². The van der Waals surface area contributed by atoms with Crippen LogP contribution in [-0.2, 0) is 33.7 Å². The van der Waals surface area contributed by atoms with E-state index in [1.165, 1.54) is 12.7 Å². The lowest BCUT2D eigenvalue weighted by molar-refractivity contribution is -0.136. The number of methoxy groups -OCH3 is 1. The minimum absolute atomic E-state index is 0.155. The number of rotatable bonds is 8. The van der Waals surface area contributed by atoms with Crippen LogP contribution in [0, 0.1) is 11.8 Å². The van der Waals surface area contributed by atoms with Crippen LogP contribution >= 0.6 is 0 Å². The zero-order valence-corrected chi connectivity index (χ0v) is 29.8. The molecule has 256 valence electrons. The second-order valence-electron chi connectivity index (χ2n) is 14.5. The molecule has 2 saturated heterocycles. The standard InChI is InChI=1S/C36H51N5O5S/c1-36(2,3)28-22-29(33(46-6)30(23-28)38-47(7,44)45)37-34(42)31-21-27-12-8-11-26(32(27)40(31)5)20-24-10-9-16-41(19-13-24)35(43)25-14-17-39(4)18-15-25/h8,11-12,21-25,38H,9-10,13-20H2,1-7H3,(H,37,42). The van der Waals surface area contributed by atoms with E-state index in [1.807, 2.05) is 56.7 Å². The molecule has 5 rings (SSSR count). The third-order valence-electron chi connectivity index (χ3n) is 9.81. The first-order chi connectivity index (χ1) is 22.1. The van der Waals surface area contributed by atoms with E-state index in [9.17, 15) is 18.0 Å². The highest BCUT2D eigenvalue weighted by atomic mass is 32.2. The number of fused-ring (bicyclic) bond motifs is 1. The van der Waals surface area contributed by atoms with Crippen LogP contribution in [0.15, 0.2) is 36.4 Å². The highest BCUT2D eigenvalue weighted by Gasteiger charge is 2.30. The number of benzene rings is 2. The Morgan fingerprint density at radius 1 is 0.957 bits per heavy atom. The molecule has 1 unspecified atom stereocenters. The molecule has 2 aromatic carbocycles. The van der Waals surface area contributed by atoms with Crippen LogP contribution in [0.25, 0.3) is 10.9 Å². The van der Waals surface area contributed by atoms with Gasteiger partial charge in [-0.15, -0.1) is 0 Å². The van der Waals surface area contributed by atoms with Crippen molar-refractivity contribution in [3.8, 4) is 5.75 Å². The van der Waals surface area contributed by atoms with Crippen LogP contribution in [-0.4, -0.2) is 81.2 Å². The Kier molecular flexibility index (Phi) is 10.3. The Morgan fingerprint density at radius 3 is 2.32 bits per heavy atom. The molecule has 2 aliphatic heterocycles. The minimum atomic E-state index is -3.60. The largest absolute Gasteiger partial charge is 0.492 e. The van der Waals surface area contributed by atoms with Gasteiger partial charge in [0.25, 0.3) is 5.91 Å². The number of nitrogens with one attached hydrogen (secondary N) is 2. The van der Waals surface area contributed by atoms with Crippen LogP contribution in [0.2, 0.25) is 0 Å². The van der Waals surface area contributed by atoms with Crippen LogP contribution < -0.4 is 14.8 Å². The predicted molar refractivity (Wildman–Crippen MR) is 189 cm³/mol. The van der Waals surface area contributed by atoms with Gasteiger partial charge in [0.15, 0.2) is 5.75 Å². The van der Waals surface area contributed by atoms with Crippen LogP contribution in [0.4, 0.5) is 11.4 Å². The first-order valence-corrected chi connectivity index (χ1v) is 18.6. The Bertz CT molecular complexity index is 1730. The average molecular weight is 666 g/mol. The number of nitrogens with zero attached hydrogens (tertiary/aromatic N) is 3. The third kappa shape index (κ3) is 8.12. The fraction of sp³-hybridized carbons (Fsp3) is 0.556. The smallest absolute Gasteiger partial charge is 0.272 e. The van der Waals surface area contributed by atoms with Crippen molar-refractivity contribution in [3.63, 3.8) is 0 Å². The Hall–Kier alpha value is -3.57. The van der Waals surface area contributed by atoms with Gasteiger partial charge >= 0.3 is 0 Å². The summed E-state index contributed by atoms with van der Waals surface area (Å²) in [6.07, 6.45) is 6.92. The van der Waals surface area contributed by atoms with Gasteiger partial charge in [-0.05, 0) is 99.3 Å². The van der Waals surface area contributed by atoms with E-state index in [0.29, 0.717) is 23.2 Å². The molecule has 2 fully saturated rings. The van der Waals surface area contributed by atoms with Gasteiger partial charge in [0.2, 0.25) is 15.9 Å². The third-order valence-corrected chi connectivity index (χ3v) is 10.4. The number of anilines is 2. The van der Waals surface area contributed by atoms with Gasteiger partial charge in [-0.3, -0.25) is 14.3 Å². The van der Waals surface area contributed by atoms with E-state index in [0.717, 1.165) is 87.4 Å². The summed E-state index contributed by atoms with van der Waals surface area (Å²) >= 11 is 0. The second-order valence-corrected chi connectivity index (χ2v) is 16.3. The van der Waals surface area contributed by atoms with E-state index in [2.05, 4.69) is 33.0 Å². The van der Waals surface area contributed by atoms with E-state index >= 15 is 0 Å². The molecule has 0 aliphatic carbocycles. The number of carbonyl (C=O) groups is 2. The molecule has 2 N–H and O–H groups in total. The molecular formula is C36H51N5O5S. The number of ether oxygens (including phenoxy) is 1. The summed E-state index contributed by atoms with van der Waals surface area (Å²) in [5.41, 5.74) is 3.89. The monoisotopic (exact) mass is 665 g/mol. The highest BCUT2D eigenvalue weighted by Crippen LogP contribution is 2.39. The maximum Gasteiger partial charge on any atom is 0.272 e. The number of carbonyl (C=O) groups excluding carboxylic acids is 2. The van der Waals surface area contributed by atoms with Crippen molar-refractivity contribution in [1.82, 2.24) is 14.4 Å². The van der Waals surface area contributed by atoms with Crippen molar-refractivity contribution < 1.29 is 22.7 Å². The maximum absolute atomic E-state index is 13.9. The fourth-order valence-corrected chi connectivity index (χ4v) is 7.69. The molecule has 0 spiro atoms. The molecule has 0 bridgehead atoms. The number of para-hydroxylation sites is 1. The van der Waals surface area contributed by atoms with E-state index in [-0.39, 0.29) is 28.7 Å². The van der Waals surface area contributed by atoms with Crippen LogP contribution in [0.1, 0.15) is 74.5 Å². The van der Waals surface area contributed by atoms with Gasteiger partial charge in [0.05, 0.1) is 30.3 Å². The Morgan fingerprint density at radius 2 is 1.66 bits per heavy atom. The Labute approximate surface area is 279 Å². The number of piperidine rings is 1.